The minimum atomic E-state index is -1.26. The lowest BCUT2D eigenvalue weighted by Gasteiger charge is -2.05. The molecule has 0 aromatic carbocycles. The lowest BCUT2D eigenvalue weighted by Crippen LogP contribution is -2.16. The molecule has 0 heterocycles. The molecule has 0 aliphatic heterocycles. The van der Waals surface area contributed by atoms with E-state index < -0.39 is 16.1 Å². The van der Waals surface area contributed by atoms with E-state index >= 15 is 0 Å². The molecule has 0 nitrogen and oxygen atoms in total. The molecule has 0 bridgehead atoms. The molecule has 128 valence electrons. The largest absolute Gasteiger partial charge is 0.129 e. The lowest BCUT2D eigenvalue weighted by atomic mass is 10.2. The van der Waals surface area contributed by atoms with Gasteiger partial charge in [0.05, 0.1) is 0 Å². The van der Waals surface area contributed by atoms with Gasteiger partial charge in [0.1, 0.15) is 16.1 Å². The van der Waals surface area contributed by atoms with Gasteiger partial charge in [0.25, 0.3) is 0 Å². The van der Waals surface area contributed by atoms with E-state index in [1.54, 1.807) is 0 Å². The Morgan fingerprint density at radius 3 is 0.958 bits per heavy atom. The van der Waals surface area contributed by atoms with Crippen LogP contribution in [0.5, 0.6) is 0 Å². The number of terminal acetylenes is 2. The SMILES string of the molecule is C#C/C(C)=C(\C)C#C.C/C(C#C[Si](C)(C)C)=C(/C)C#C[Si](C)(C)C. The standard InChI is InChI=1S/C14H24Si2.C8H8/c1-13(9-11-15(3,4)5)14(2)10-12-16(6,7)8;1-5-7(3)8(4)6-2/h1-8H3;1-2H,3-4H3/b14-13+;8-7+. The number of allylic oxidation sites excluding steroid dienone is 4. The van der Waals surface area contributed by atoms with Gasteiger partial charge in [0.15, 0.2) is 0 Å². The molecular weight excluding hydrogens is 320 g/mol. The topological polar surface area (TPSA) is 0 Å². The molecule has 0 amide bonds. The van der Waals surface area contributed by atoms with E-state index in [0.29, 0.717) is 0 Å². The van der Waals surface area contributed by atoms with Gasteiger partial charge in [-0.25, -0.2) is 0 Å². The van der Waals surface area contributed by atoms with Crippen molar-refractivity contribution in [1.82, 2.24) is 0 Å². The Morgan fingerprint density at radius 2 is 0.792 bits per heavy atom. The molecule has 0 N–H and O–H groups in total. The van der Waals surface area contributed by atoms with Gasteiger partial charge in [-0.15, -0.1) is 23.9 Å². The summed E-state index contributed by atoms with van der Waals surface area (Å²) in [5.74, 6) is 11.4. The van der Waals surface area contributed by atoms with Gasteiger partial charge in [0.2, 0.25) is 0 Å². The van der Waals surface area contributed by atoms with Crippen LogP contribution in [0.1, 0.15) is 27.7 Å². The summed E-state index contributed by atoms with van der Waals surface area (Å²) in [6.07, 6.45) is 10.1. The minimum absolute atomic E-state index is 0.840. The first-order valence-corrected chi connectivity index (χ1v) is 15.1. The van der Waals surface area contributed by atoms with Crippen molar-refractivity contribution in [2.24, 2.45) is 0 Å². The van der Waals surface area contributed by atoms with Crippen LogP contribution in [-0.4, -0.2) is 16.1 Å². The second-order valence-electron chi connectivity index (χ2n) is 7.79. The predicted molar refractivity (Wildman–Crippen MR) is 117 cm³/mol. The van der Waals surface area contributed by atoms with Crippen LogP contribution >= 0.6 is 0 Å². The third-order valence-electron chi connectivity index (χ3n) is 2.81. The first-order chi connectivity index (χ1) is 10.7. The third kappa shape index (κ3) is 15.1. The van der Waals surface area contributed by atoms with Crippen LogP contribution in [0.25, 0.3) is 0 Å². The first kappa shape index (κ1) is 24.4. The molecule has 0 fully saturated rings. The van der Waals surface area contributed by atoms with E-state index in [1.165, 1.54) is 0 Å². The van der Waals surface area contributed by atoms with E-state index in [0.717, 1.165) is 22.3 Å². The Kier molecular flexibility index (Phi) is 11.0. The van der Waals surface area contributed by atoms with Crippen LogP contribution in [0, 0.1) is 47.6 Å². The van der Waals surface area contributed by atoms with E-state index in [1.807, 2.05) is 13.8 Å². The number of rotatable bonds is 0. The fourth-order valence-corrected chi connectivity index (χ4v) is 2.09. The summed E-state index contributed by atoms with van der Waals surface area (Å²) in [5.41, 5.74) is 10.7. The van der Waals surface area contributed by atoms with Crippen molar-refractivity contribution in [3.63, 3.8) is 0 Å². The molecular formula is C22H32Si2. The van der Waals surface area contributed by atoms with E-state index in [-0.39, 0.29) is 0 Å². The number of hydrogen-bond acceptors (Lipinski definition) is 0. The highest BCUT2D eigenvalue weighted by molar-refractivity contribution is 6.84. The second kappa shape index (κ2) is 10.8. The molecule has 0 saturated heterocycles. The molecule has 0 radical (unpaired) electrons. The van der Waals surface area contributed by atoms with Gasteiger partial charge in [-0.05, 0) is 27.7 Å². The van der Waals surface area contributed by atoms with Gasteiger partial charge in [-0.2, -0.15) is 0 Å². The van der Waals surface area contributed by atoms with Crippen molar-refractivity contribution in [2.75, 3.05) is 0 Å². The lowest BCUT2D eigenvalue weighted by molar-refractivity contribution is 1.43. The predicted octanol–water partition coefficient (Wildman–Crippen LogP) is 5.67. The molecule has 2 heteroatoms. The van der Waals surface area contributed by atoms with Crippen molar-refractivity contribution in [3.8, 4) is 47.6 Å². The maximum atomic E-state index is 5.05. The first-order valence-electron chi connectivity index (χ1n) is 8.08. The summed E-state index contributed by atoms with van der Waals surface area (Å²) in [7, 11) is -2.52. The maximum Gasteiger partial charge on any atom is 0.129 e. The second-order valence-corrected chi connectivity index (χ2v) is 17.3. The van der Waals surface area contributed by atoms with Crippen LogP contribution in [-0.2, 0) is 0 Å². The zero-order chi connectivity index (χ0) is 19.6. The van der Waals surface area contributed by atoms with Crippen molar-refractivity contribution in [1.29, 1.82) is 0 Å². The molecule has 0 saturated carbocycles. The van der Waals surface area contributed by atoms with Crippen LogP contribution in [0.2, 0.25) is 39.3 Å². The molecule has 0 aliphatic carbocycles. The molecule has 0 unspecified atom stereocenters. The Labute approximate surface area is 153 Å². The Morgan fingerprint density at radius 1 is 0.542 bits per heavy atom. The summed E-state index contributed by atoms with van der Waals surface area (Å²) in [5, 5.41) is 0. The molecule has 0 aromatic heterocycles. The van der Waals surface area contributed by atoms with Gasteiger partial charge < -0.3 is 0 Å². The molecule has 24 heavy (non-hydrogen) atoms. The van der Waals surface area contributed by atoms with E-state index in [4.69, 9.17) is 12.8 Å². The van der Waals surface area contributed by atoms with E-state index in [9.17, 15) is 0 Å². The monoisotopic (exact) mass is 352 g/mol. The van der Waals surface area contributed by atoms with Gasteiger partial charge in [-0.3, -0.25) is 0 Å². The minimum Gasteiger partial charge on any atom is -0.127 e. The molecule has 0 aromatic rings. The Bertz CT molecular complexity index is 633. The highest BCUT2D eigenvalue weighted by Gasteiger charge is 2.08. The maximum absolute atomic E-state index is 5.05. The molecule has 0 aliphatic rings. The summed E-state index contributed by atoms with van der Waals surface area (Å²) in [6.45, 7) is 21.4. The summed E-state index contributed by atoms with van der Waals surface area (Å²) >= 11 is 0. The zero-order valence-electron chi connectivity index (χ0n) is 17.2. The normalized spacial score (nSPS) is 12.3. The van der Waals surface area contributed by atoms with Crippen molar-refractivity contribution in [2.45, 2.75) is 67.0 Å². The van der Waals surface area contributed by atoms with Gasteiger partial charge in [0, 0.05) is 22.3 Å². The smallest absolute Gasteiger partial charge is 0.127 e. The van der Waals surface area contributed by atoms with Crippen molar-refractivity contribution >= 4 is 16.1 Å². The fraction of sp³-hybridized carbons (Fsp3) is 0.455. The van der Waals surface area contributed by atoms with Crippen LogP contribution in [0.4, 0.5) is 0 Å². The summed E-state index contributed by atoms with van der Waals surface area (Å²) in [6, 6.07) is 0. The average molecular weight is 353 g/mol. The van der Waals surface area contributed by atoms with Crippen molar-refractivity contribution < 1.29 is 0 Å². The molecule has 0 spiro atoms. The van der Waals surface area contributed by atoms with Gasteiger partial charge in [-0.1, -0.05) is 63.0 Å². The summed E-state index contributed by atoms with van der Waals surface area (Å²) in [4.78, 5) is 0. The fourth-order valence-electron chi connectivity index (χ4n) is 0.967. The molecule has 0 rings (SSSR count). The number of hydrogen-bond donors (Lipinski definition) is 0. The molecule has 0 atom stereocenters. The van der Waals surface area contributed by atoms with Crippen LogP contribution < -0.4 is 0 Å². The quantitative estimate of drug-likeness (QED) is 0.389. The zero-order valence-corrected chi connectivity index (χ0v) is 19.2. The van der Waals surface area contributed by atoms with Crippen LogP contribution in [0.3, 0.4) is 0 Å². The van der Waals surface area contributed by atoms with Crippen LogP contribution in [0.15, 0.2) is 22.3 Å². The highest BCUT2D eigenvalue weighted by atomic mass is 28.3. The summed E-state index contributed by atoms with van der Waals surface area (Å²) < 4.78 is 0. The Balaban J connectivity index is 0. The third-order valence-corrected chi connectivity index (χ3v) is 4.56. The average Bonchev–Trinajstić information content (AvgIpc) is 2.47. The van der Waals surface area contributed by atoms with Crippen molar-refractivity contribution in [3.05, 3.63) is 22.3 Å². The van der Waals surface area contributed by atoms with E-state index in [2.05, 4.69) is 87.9 Å². The highest BCUT2D eigenvalue weighted by Crippen LogP contribution is 2.04. The Hall–Kier alpha value is -1.85. The van der Waals surface area contributed by atoms with Gasteiger partial charge >= 0.3 is 0 Å².